The zero-order valence-electron chi connectivity index (χ0n) is 12.0. The third kappa shape index (κ3) is 2.74. The molecule has 1 saturated heterocycles. The fraction of sp³-hybridized carbons (Fsp3) is 0.562. The summed E-state index contributed by atoms with van der Waals surface area (Å²) in [6.45, 7) is 3.79. The fourth-order valence-electron chi connectivity index (χ4n) is 2.75. The Morgan fingerprint density at radius 1 is 1.40 bits per heavy atom. The number of amides is 1. The first-order valence-electron chi connectivity index (χ1n) is 7.51. The molecule has 0 bridgehead atoms. The molecule has 20 heavy (non-hydrogen) atoms. The van der Waals surface area contributed by atoms with Crippen LogP contribution in [0.1, 0.15) is 31.7 Å². The number of anilines is 1. The number of rotatable bonds is 5. The molecule has 2 fully saturated rings. The largest absolute Gasteiger partial charge is 0.490 e. The van der Waals surface area contributed by atoms with Crippen LogP contribution in [0.15, 0.2) is 18.2 Å². The molecular formula is C16H22N2O2. The van der Waals surface area contributed by atoms with E-state index in [0.29, 0.717) is 6.10 Å². The van der Waals surface area contributed by atoms with Crippen molar-refractivity contribution < 1.29 is 9.53 Å². The van der Waals surface area contributed by atoms with Crippen LogP contribution in [0.3, 0.4) is 0 Å². The minimum Gasteiger partial charge on any atom is -0.490 e. The molecule has 3 rings (SSSR count). The van der Waals surface area contributed by atoms with Crippen molar-refractivity contribution in [1.29, 1.82) is 0 Å². The number of nitrogens with zero attached hydrogens (tertiary/aromatic N) is 1. The summed E-state index contributed by atoms with van der Waals surface area (Å²) in [6.07, 6.45) is 4.60. The van der Waals surface area contributed by atoms with E-state index >= 15 is 0 Å². The van der Waals surface area contributed by atoms with Gasteiger partial charge in [0.2, 0.25) is 5.91 Å². The average Bonchev–Trinajstić information content (AvgIpc) is 3.11. The van der Waals surface area contributed by atoms with E-state index in [4.69, 9.17) is 10.5 Å². The van der Waals surface area contributed by atoms with Crippen molar-refractivity contribution in [2.45, 2.75) is 38.7 Å². The van der Waals surface area contributed by atoms with Gasteiger partial charge < -0.3 is 15.4 Å². The molecule has 0 spiro atoms. The molecule has 2 N–H and O–H groups in total. The number of benzene rings is 1. The molecule has 108 valence electrons. The van der Waals surface area contributed by atoms with E-state index in [-0.39, 0.29) is 11.8 Å². The molecule has 2 aliphatic rings. The van der Waals surface area contributed by atoms with Gasteiger partial charge in [-0.15, -0.1) is 0 Å². The highest BCUT2D eigenvalue weighted by Crippen LogP contribution is 2.33. The zero-order chi connectivity index (χ0) is 14.1. The summed E-state index contributed by atoms with van der Waals surface area (Å²) in [5, 5.41) is 0. The summed E-state index contributed by atoms with van der Waals surface area (Å²) < 4.78 is 5.93. The molecule has 0 aromatic heterocycles. The van der Waals surface area contributed by atoms with Crippen LogP contribution in [-0.2, 0) is 11.2 Å². The first-order valence-corrected chi connectivity index (χ1v) is 7.51. The van der Waals surface area contributed by atoms with Crippen LogP contribution in [0, 0.1) is 5.92 Å². The number of hydrogen-bond donors (Lipinski definition) is 1. The van der Waals surface area contributed by atoms with E-state index in [1.54, 1.807) is 0 Å². The van der Waals surface area contributed by atoms with Gasteiger partial charge in [-0.3, -0.25) is 4.79 Å². The Labute approximate surface area is 119 Å². The monoisotopic (exact) mass is 274 g/mol. The Bertz CT molecular complexity index is 511. The predicted octanol–water partition coefficient (Wildman–Crippen LogP) is 2.10. The van der Waals surface area contributed by atoms with Crippen LogP contribution in [0.5, 0.6) is 5.75 Å². The molecule has 0 radical (unpaired) electrons. The van der Waals surface area contributed by atoms with Crippen molar-refractivity contribution in [1.82, 2.24) is 0 Å². The number of carbonyl (C=O) groups excluding carboxylic acids is 1. The van der Waals surface area contributed by atoms with Gasteiger partial charge in [0.05, 0.1) is 12.0 Å². The molecule has 1 amide bonds. The zero-order valence-corrected chi connectivity index (χ0v) is 12.0. The summed E-state index contributed by atoms with van der Waals surface area (Å²) in [6, 6.07) is 6.37. The number of ether oxygens (including phenoxy) is 1. The van der Waals surface area contributed by atoms with E-state index in [1.165, 1.54) is 24.1 Å². The Balaban J connectivity index is 1.75. The highest BCUT2D eigenvalue weighted by atomic mass is 16.5. The molecule has 1 heterocycles. The van der Waals surface area contributed by atoms with Crippen molar-refractivity contribution in [2.75, 3.05) is 18.0 Å². The van der Waals surface area contributed by atoms with Gasteiger partial charge in [-0.05, 0) is 49.4 Å². The standard InChI is InChI=1S/C16H22N2O2/c1-2-11-9-13(3-6-15(11)20-14-4-5-14)18-8-7-12(10-18)16(17)19/h3,6,9,12,14H,2,4-5,7-8,10H2,1H3,(H2,17,19). The first kappa shape index (κ1) is 13.3. The molecule has 1 aromatic carbocycles. The highest BCUT2D eigenvalue weighted by Gasteiger charge is 2.28. The van der Waals surface area contributed by atoms with E-state index < -0.39 is 0 Å². The quantitative estimate of drug-likeness (QED) is 0.894. The minimum atomic E-state index is -0.183. The minimum absolute atomic E-state index is 0.0116. The Morgan fingerprint density at radius 3 is 2.80 bits per heavy atom. The molecule has 1 aliphatic heterocycles. The highest BCUT2D eigenvalue weighted by molar-refractivity contribution is 5.78. The number of aryl methyl sites for hydroxylation is 1. The van der Waals surface area contributed by atoms with Gasteiger partial charge in [0, 0.05) is 18.8 Å². The lowest BCUT2D eigenvalue weighted by molar-refractivity contribution is -0.121. The normalized spacial score (nSPS) is 22.1. The van der Waals surface area contributed by atoms with Crippen LogP contribution in [0.25, 0.3) is 0 Å². The van der Waals surface area contributed by atoms with Crippen LogP contribution >= 0.6 is 0 Å². The first-order chi connectivity index (χ1) is 9.67. The maximum Gasteiger partial charge on any atom is 0.222 e. The molecule has 4 heteroatoms. The van der Waals surface area contributed by atoms with Gasteiger partial charge in [-0.2, -0.15) is 0 Å². The van der Waals surface area contributed by atoms with E-state index in [9.17, 15) is 4.79 Å². The molecule has 1 aromatic rings. The molecule has 1 unspecified atom stereocenters. The van der Waals surface area contributed by atoms with Gasteiger partial charge in [0.15, 0.2) is 0 Å². The lowest BCUT2D eigenvalue weighted by atomic mass is 10.1. The Morgan fingerprint density at radius 2 is 2.20 bits per heavy atom. The van der Waals surface area contributed by atoms with Crippen molar-refractivity contribution in [3.63, 3.8) is 0 Å². The average molecular weight is 274 g/mol. The Kier molecular flexibility index (Phi) is 3.55. The smallest absolute Gasteiger partial charge is 0.222 e. The van der Waals surface area contributed by atoms with Crippen LogP contribution in [0.4, 0.5) is 5.69 Å². The topological polar surface area (TPSA) is 55.6 Å². The van der Waals surface area contributed by atoms with Gasteiger partial charge in [0.1, 0.15) is 5.75 Å². The van der Waals surface area contributed by atoms with Gasteiger partial charge in [0.25, 0.3) is 0 Å². The van der Waals surface area contributed by atoms with Crippen molar-refractivity contribution in [3.8, 4) is 5.75 Å². The third-order valence-electron chi connectivity index (χ3n) is 4.20. The van der Waals surface area contributed by atoms with Crippen LogP contribution in [0.2, 0.25) is 0 Å². The summed E-state index contributed by atoms with van der Waals surface area (Å²) in [7, 11) is 0. The van der Waals surface area contributed by atoms with Gasteiger partial charge in [-0.1, -0.05) is 6.92 Å². The summed E-state index contributed by atoms with van der Waals surface area (Å²) in [4.78, 5) is 13.5. The third-order valence-corrected chi connectivity index (χ3v) is 4.20. The summed E-state index contributed by atoms with van der Waals surface area (Å²) >= 11 is 0. The second kappa shape index (κ2) is 5.35. The fourth-order valence-corrected chi connectivity index (χ4v) is 2.75. The van der Waals surface area contributed by atoms with Crippen LogP contribution in [-0.4, -0.2) is 25.1 Å². The maximum absolute atomic E-state index is 11.3. The molecule has 4 nitrogen and oxygen atoms in total. The number of primary amides is 1. The van der Waals surface area contributed by atoms with Crippen molar-refractivity contribution >= 4 is 11.6 Å². The number of carbonyl (C=O) groups is 1. The van der Waals surface area contributed by atoms with E-state index in [1.807, 2.05) is 0 Å². The second-order valence-corrected chi connectivity index (χ2v) is 5.80. The van der Waals surface area contributed by atoms with E-state index in [0.717, 1.165) is 31.7 Å². The molecule has 1 aliphatic carbocycles. The van der Waals surface area contributed by atoms with Gasteiger partial charge in [-0.25, -0.2) is 0 Å². The number of hydrogen-bond acceptors (Lipinski definition) is 3. The van der Waals surface area contributed by atoms with E-state index in [2.05, 4.69) is 30.0 Å². The lowest BCUT2D eigenvalue weighted by Crippen LogP contribution is -2.27. The molecule has 1 atom stereocenters. The lowest BCUT2D eigenvalue weighted by Gasteiger charge is -2.20. The number of nitrogens with two attached hydrogens (primary N) is 1. The summed E-state index contributed by atoms with van der Waals surface area (Å²) in [5.74, 6) is 0.823. The van der Waals surface area contributed by atoms with Gasteiger partial charge >= 0.3 is 0 Å². The molecular weight excluding hydrogens is 252 g/mol. The van der Waals surface area contributed by atoms with Crippen molar-refractivity contribution in [2.24, 2.45) is 11.7 Å². The van der Waals surface area contributed by atoms with Crippen LogP contribution < -0.4 is 15.4 Å². The second-order valence-electron chi connectivity index (χ2n) is 5.80. The SMILES string of the molecule is CCc1cc(N2CCC(C(N)=O)C2)ccc1OC1CC1. The Hall–Kier alpha value is -1.71. The van der Waals surface area contributed by atoms with Crippen molar-refractivity contribution in [3.05, 3.63) is 23.8 Å². The summed E-state index contributed by atoms with van der Waals surface area (Å²) in [5.41, 5.74) is 7.82. The predicted molar refractivity (Wildman–Crippen MR) is 79.0 cm³/mol. The molecule has 1 saturated carbocycles. The maximum atomic E-state index is 11.3.